The third-order valence-corrected chi connectivity index (χ3v) is 6.22. The molecule has 0 bridgehead atoms. The number of benzene rings is 1. The summed E-state index contributed by atoms with van der Waals surface area (Å²) in [7, 11) is 0. The number of nitrogens with one attached hydrogen (secondary N) is 1. The summed E-state index contributed by atoms with van der Waals surface area (Å²) in [5.74, 6) is 0.299. The van der Waals surface area contributed by atoms with Crippen molar-refractivity contribution in [3.05, 3.63) is 71.7 Å². The minimum absolute atomic E-state index is 0.467. The molecule has 148 valence electrons. The monoisotopic (exact) mass is 416 g/mol. The van der Waals surface area contributed by atoms with E-state index >= 15 is 0 Å². The molecule has 4 aromatic heterocycles. The van der Waals surface area contributed by atoms with Gasteiger partial charge in [0, 0.05) is 23.7 Å². The van der Waals surface area contributed by atoms with Crippen LogP contribution in [0, 0.1) is 19.8 Å². The Labute approximate surface area is 175 Å². The van der Waals surface area contributed by atoms with E-state index in [4.69, 9.17) is 0 Å². The molecule has 0 saturated heterocycles. The van der Waals surface area contributed by atoms with Gasteiger partial charge in [-0.1, -0.05) is 24.3 Å². The predicted molar refractivity (Wildman–Crippen MR) is 117 cm³/mol. The number of aromatic nitrogens is 5. The van der Waals surface area contributed by atoms with Crippen LogP contribution < -0.4 is 5.32 Å². The second-order valence-corrected chi connectivity index (χ2v) is 7.98. The maximum atomic E-state index is 13.9. The Hall–Kier alpha value is -3.52. The quantitative estimate of drug-likeness (QED) is 0.413. The fourth-order valence-electron chi connectivity index (χ4n) is 3.40. The Morgan fingerprint density at radius 2 is 1.83 bits per heavy atom. The van der Waals surface area contributed by atoms with Gasteiger partial charge in [0.05, 0.1) is 15.9 Å². The molecule has 4 heterocycles. The molecule has 1 N–H and O–H groups in total. The Kier molecular flexibility index (Phi) is 4.55. The molecule has 6 nitrogen and oxygen atoms in total. The van der Waals surface area contributed by atoms with E-state index in [1.807, 2.05) is 38.1 Å². The number of pyridine rings is 1. The summed E-state index contributed by atoms with van der Waals surface area (Å²) >= 11 is 1.54. The first-order chi connectivity index (χ1) is 14.6. The number of halogens is 1. The topological polar surface area (TPSA) is 76.5 Å². The van der Waals surface area contributed by atoms with Gasteiger partial charge in [0.15, 0.2) is 0 Å². The molecule has 0 spiro atoms. The van der Waals surface area contributed by atoms with E-state index in [2.05, 4.69) is 30.5 Å². The Morgan fingerprint density at radius 1 is 1.00 bits per heavy atom. The van der Waals surface area contributed by atoms with Crippen molar-refractivity contribution in [2.45, 2.75) is 20.4 Å². The van der Waals surface area contributed by atoms with E-state index in [1.165, 1.54) is 17.5 Å². The summed E-state index contributed by atoms with van der Waals surface area (Å²) in [6, 6.07) is 11.2. The zero-order chi connectivity index (χ0) is 20.7. The number of fused-ring (bicyclic) bond motifs is 3. The lowest BCUT2D eigenvalue weighted by Crippen LogP contribution is -2.02. The number of nitrogens with zero attached hydrogens (tertiary/aromatic N) is 5. The van der Waals surface area contributed by atoms with Gasteiger partial charge >= 0.3 is 0 Å². The third kappa shape index (κ3) is 3.15. The number of aryl methyl sites for hydroxylation is 2. The molecule has 0 aliphatic carbocycles. The molecule has 8 heteroatoms. The SMILES string of the molecule is Cc1nnc2sc3c(NCc4ccc(-c5cccnc5F)cc4)ncnc3c2c1C. The summed E-state index contributed by atoms with van der Waals surface area (Å²) in [6.07, 6.45) is 3.02. The molecule has 5 aromatic rings. The van der Waals surface area contributed by atoms with Crippen LogP contribution in [0.5, 0.6) is 0 Å². The van der Waals surface area contributed by atoms with E-state index in [1.54, 1.807) is 18.5 Å². The molecular weight excluding hydrogens is 399 g/mol. The lowest BCUT2D eigenvalue weighted by Gasteiger charge is -2.08. The summed E-state index contributed by atoms with van der Waals surface area (Å²) < 4.78 is 14.9. The van der Waals surface area contributed by atoms with E-state index in [0.29, 0.717) is 12.1 Å². The summed E-state index contributed by atoms with van der Waals surface area (Å²) in [4.78, 5) is 13.5. The number of anilines is 1. The molecule has 1 aromatic carbocycles. The summed E-state index contributed by atoms with van der Waals surface area (Å²) in [5.41, 5.74) is 5.23. The molecule has 30 heavy (non-hydrogen) atoms. The summed E-state index contributed by atoms with van der Waals surface area (Å²) in [6.45, 7) is 4.58. The lowest BCUT2D eigenvalue weighted by atomic mass is 10.1. The van der Waals surface area contributed by atoms with E-state index in [-0.39, 0.29) is 0 Å². The second kappa shape index (κ2) is 7.38. The number of hydrogen-bond donors (Lipinski definition) is 1. The molecule has 0 radical (unpaired) electrons. The van der Waals surface area contributed by atoms with Gasteiger partial charge in [-0.05, 0) is 42.7 Å². The lowest BCUT2D eigenvalue weighted by molar-refractivity contribution is 0.587. The first-order valence-corrected chi connectivity index (χ1v) is 10.2. The minimum Gasteiger partial charge on any atom is -0.365 e. The maximum absolute atomic E-state index is 13.9. The largest absolute Gasteiger partial charge is 0.365 e. The van der Waals surface area contributed by atoms with Crippen molar-refractivity contribution in [2.24, 2.45) is 0 Å². The van der Waals surface area contributed by atoms with Gasteiger partial charge in [-0.25, -0.2) is 15.0 Å². The Bertz CT molecular complexity index is 1380. The van der Waals surface area contributed by atoms with Crippen molar-refractivity contribution < 1.29 is 4.39 Å². The Morgan fingerprint density at radius 3 is 2.63 bits per heavy atom. The molecular formula is C22H17FN6S. The van der Waals surface area contributed by atoms with Crippen molar-refractivity contribution in [3.8, 4) is 11.1 Å². The zero-order valence-corrected chi connectivity index (χ0v) is 17.2. The highest BCUT2D eigenvalue weighted by molar-refractivity contribution is 7.25. The minimum atomic E-state index is -0.467. The van der Waals surface area contributed by atoms with Crippen LogP contribution >= 0.6 is 11.3 Å². The molecule has 0 aliphatic rings. The molecule has 0 saturated carbocycles. The molecule has 0 aliphatic heterocycles. The maximum Gasteiger partial charge on any atom is 0.220 e. The first-order valence-electron chi connectivity index (χ1n) is 9.42. The van der Waals surface area contributed by atoms with Crippen LogP contribution in [0.4, 0.5) is 10.2 Å². The Balaban J connectivity index is 1.43. The van der Waals surface area contributed by atoms with Gasteiger partial charge in [-0.3, -0.25) is 0 Å². The van der Waals surface area contributed by atoms with Crippen LogP contribution in [-0.2, 0) is 6.54 Å². The fourth-order valence-corrected chi connectivity index (χ4v) is 4.50. The third-order valence-electron chi connectivity index (χ3n) is 5.15. The van der Waals surface area contributed by atoms with Crippen molar-refractivity contribution in [3.63, 3.8) is 0 Å². The highest BCUT2D eigenvalue weighted by Crippen LogP contribution is 2.36. The standard InChI is InChI=1S/C22H17FN6S/c1-12-13(2)28-29-22-17(12)18-19(30-22)21(27-11-26-18)25-10-14-5-7-15(8-6-14)16-4-3-9-24-20(16)23/h3-9,11H,10H2,1-2H3,(H,25,26,27). The van der Waals surface area contributed by atoms with Crippen LogP contribution in [0.3, 0.4) is 0 Å². The van der Waals surface area contributed by atoms with Crippen molar-refractivity contribution in [1.29, 1.82) is 0 Å². The van der Waals surface area contributed by atoms with Crippen LogP contribution in [0.15, 0.2) is 48.9 Å². The van der Waals surface area contributed by atoms with Gasteiger partial charge < -0.3 is 5.32 Å². The van der Waals surface area contributed by atoms with E-state index in [0.717, 1.165) is 48.6 Å². The van der Waals surface area contributed by atoms with Crippen LogP contribution in [0.25, 0.3) is 31.6 Å². The average Bonchev–Trinajstić information content (AvgIpc) is 3.16. The first kappa shape index (κ1) is 18.5. The highest BCUT2D eigenvalue weighted by atomic mass is 32.1. The number of rotatable bonds is 4. The van der Waals surface area contributed by atoms with Crippen molar-refractivity contribution in [2.75, 3.05) is 5.32 Å². The van der Waals surface area contributed by atoms with E-state index < -0.39 is 5.95 Å². The number of thiophene rings is 1. The molecule has 0 unspecified atom stereocenters. The van der Waals surface area contributed by atoms with Crippen molar-refractivity contribution in [1.82, 2.24) is 25.1 Å². The van der Waals surface area contributed by atoms with Gasteiger partial charge in [-0.15, -0.1) is 16.4 Å². The summed E-state index contributed by atoms with van der Waals surface area (Å²) in [5, 5.41) is 13.0. The molecule has 0 amide bonds. The fraction of sp³-hybridized carbons (Fsp3) is 0.136. The predicted octanol–water partition coefficient (Wildman–Crippen LogP) is 5.06. The van der Waals surface area contributed by atoms with Crippen molar-refractivity contribution >= 4 is 37.6 Å². The van der Waals surface area contributed by atoms with Gasteiger partial charge in [-0.2, -0.15) is 9.49 Å². The zero-order valence-electron chi connectivity index (χ0n) is 16.3. The second-order valence-electron chi connectivity index (χ2n) is 6.98. The van der Waals surface area contributed by atoms with Crippen LogP contribution in [0.1, 0.15) is 16.8 Å². The normalized spacial score (nSPS) is 11.3. The highest BCUT2D eigenvalue weighted by Gasteiger charge is 2.15. The van der Waals surface area contributed by atoms with Gasteiger partial charge in [0.25, 0.3) is 0 Å². The van der Waals surface area contributed by atoms with Gasteiger partial charge in [0.1, 0.15) is 17.0 Å². The average molecular weight is 416 g/mol. The number of hydrogen-bond acceptors (Lipinski definition) is 7. The smallest absolute Gasteiger partial charge is 0.220 e. The molecule has 5 rings (SSSR count). The molecule has 0 atom stereocenters. The molecule has 0 fully saturated rings. The van der Waals surface area contributed by atoms with Gasteiger partial charge in [0.2, 0.25) is 5.95 Å². The van der Waals surface area contributed by atoms with E-state index in [9.17, 15) is 4.39 Å². The van der Waals surface area contributed by atoms with Crippen LogP contribution in [0.2, 0.25) is 0 Å². The van der Waals surface area contributed by atoms with Crippen LogP contribution in [-0.4, -0.2) is 25.1 Å².